The second kappa shape index (κ2) is 16.5. The lowest BCUT2D eigenvalue weighted by Crippen LogP contribution is -2.42. The minimum Gasteiger partial charge on any atom is -0.467 e. The summed E-state index contributed by atoms with van der Waals surface area (Å²) in [6, 6.07) is -0.160. The Bertz CT molecular complexity index is 1240. The number of ether oxygens (including phenoxy) is 3. The molecule has 0 aromatic carbocycles. The normalized spacial score (nSPS) is 21.6. The van der Waals surface area contributed by atoms with Crippen LogP contribution in [0.4, 0.5) is 14.6 Å². The Morgan fingerprint density at radius 1 is 1.18 bits per heavy atom. The third-order valence-electron chi connectivity index (χ3n) is 6.40. The molecule has 1 amide bonds. The maximum absolute atomic E-state index is 15.1. The summed E-state index contributed by atoms with van der Waals surface area (Å²) in [6.07, 6.45) is -3.59. The average molecular weight is 655 g/mol. The topological polar surface area (TPSA) is 194 Å². The van der Waals surface area contributed by atoms with E-state index in [9.17, 15) is 28.8 Å². The molecule has 1 aromatic rings. The Kier molecular flexibility index (Phi) is 14.0. The summed E-state index contributed by atoms with van der Waals surface area (Å²) in [5.41, 5.74) is -1.20. The Balaban J connectivity index is 2.20. The van der Waals surface area contributed by atoms with Crippen LogP contribution in [0.3, 0.4) is 0 Å². The van der Waals surface area contributed by atoms with Crippen LogP contribution in [-0.2, 0) is 42.2 Å². The fourth-order valence-corrected chi connectivity index (χ4v) is 5.62. The van der Waals surface area contributed by atoms with Gasteiger partial charge in [0, 0.05) is 12.1 Å². The lowest BCUT2D eigenvalue weighted by Gasteiger charge is -2.24. The number of esters is 2. The van der Waals surface area contributed by atoms with Crippen molar-refractivity contribution >= 4 is 31.4 Å². The summed E-state index contributed by atoms with van der Waals surface area (Å²) in [5.74, 6) is -6.68. The van der Waals surface area contributed by atoms with E-state index in [0.717, 1.165) is 32.2 Å². The molecule has 0 saturated carbocycles. The van der Waals surface area contributed by atoms with Gasteiger partial charge in [0.2, 0.25) is 12.1 Å². The van der Waals surface area contributed by atoms with Crippen LogP contribution in [0.2, 0.25) is 0 Å². The number of amides is 1. The van der Waals surface area contributed by atoms with Gasteiger partial charge in [-0.25, -0.2) is 19.2 Å². The van der Waals surface area contributed by atoms with E-state index in [1.54, 1.807) is 13.8 Å². The number of methoxy groups -OCH3 is 1. The average Bonchev–Trinajstić information content (AvgIpc) is 3.17. The van der Waals surface area contributed by atoms with Crippen LogP contribution in [0.5, 0.6) is 0 Å². The zero-order chi connectivity index (χ0) is 33.2. The molecule has 44 heavy (non-hydrogen) atoms. The van der Waals surface area contributed by atoms with E-state index >= 15 is 8.78 Å². The van der Waals surface area contributed by atoms with Crippen LogP contribution in [0.1, 0.15) is 66.5 Å². The van der Waals surface area contributed by atoms with Gasteiger partial charge in [0.1, 0.15) is 18.0 Å². The maximum atomic E-state index is 15.1. The smallest absolute Gasteiger partial charge is 0.406 e. The molecule has 18 heteroatoms. The summed E-state index contributed by atoms with van der Waals surface area (Å²) >= 11 is 0. The fourth-order valence-electron chi connectivity index (χ4n) is 4.20. The molecule has 1 saturated heterocycles. The molecule has 1 aliphatic heterocycles. The summed E-state index contributed by atoms with van der Waals surface area (Å²) in [6.45, 7) is 6.37. The number of alkyl halides is 2. The first kappa shape index (κ1) is 37.4. The van der Waals surface area contributed by atoms with E-state index in [0.29, 0.717) is 17.4 Å². The molecule has 1 fully saturated rings. The number of carbonyl (C=O) groups excluding carboxylic acids is 3. The molecule has 1 aliphatic rings. The molecular formula is C26H41F2N4O11P. The van der Waals surface area contributed by atoms with Gasteiger partial charge < -0.3 is 24.6 Å². The number of anilines is 1. The van der Waals surface area contributed by atoms with Gasteiger partial charge in [-0.1, -0.05) is 26.7 Å². The van der Waals surface area contributed by atoms with E-state index in [1.807, 2.05) is 13.8 Å². The van der Waals surface area contributed by atoms with E-state index in [-0.39, 0.29) is 17.6 Å². The molecule has 1 unspecified atom stereocenters. The first-order valence-electron chi connectivity index (χ1n) is 14.1. The first-order valence-corrected chi connectivity index (χ1v) is 15.7. The second-order valence-electron chi connectivity index (χ2n) is 10.4. The van der Waals surface area contributed by atoms with Crippen LogP contribution in [0.15, 0.2) is 17.1 Å². The van der Waals surface area contributed by atoms with E-state index in [1.165, 1.54) is 6.92 Å². The van der Waals surface area contributed by atoms with Crippen molar-refractivity contribution in [3.8, 4) is 0 Å². The number of nitrogens with one attached hydrogen (secondary N) is 2. The number of aliphatic hydroxyl groups is 1. The largest absolute Gasteiger partial charge is 0.467 e. The van der Waals surface area contributed by atoms with Gasteiger partial charge in [-0.2, -0.15) is 13.8 Å². The molecule has 0 radical (unpaired) electrons. The Hall–Kier alpha value is -2.82. The Labute approximate surface area is 253 Å². The molecule has 2 heterocycles. The monoisotopic (exact) mass is 654 g/mol. The highest BCUT2D eigenvalue weighted by atomic mass is 31.2. The van der Waals surface area contributed by atoms with Gasteiger partial charge in [0.25, 0.3) is 0 Å². The first-order chi connectivity index (χ1) is 20.6. The summed E-state index contributed by atoms with van der Waals surface area (Å²) < 4.78 is 68.9. The van der Waals surface area contributed by atoms with Gasteiger partial charge >= 0.3 is 31.3 Å². The lowest BCUT2D eigenvalue weighted by molar-refractivity contribution is -0.149. The predicted octanol–water partition coefficient (Wildman–Crippen LogP) is 2.54. The molecule has 15 nitrogen and oxygen atoms in total. The van der Waals surface area contributed by atoms with Crippen molar-refractivity contribution in [3.63, 3.8) is 0 Å². The van der Waals surface area contributed by atoms with E-state index in [4.69, 9.17) is 18.5 Å². The summed E-state index contributed by atoms with van der Waals surface area (Å²) in [7, 11) is -3.58. The van der Waals surface area contributed by atoms with Gasteiger partial charge in [-0.3, -0.25) is 23.2 Å². The minimum atomic E-state index is -4.61. The number of hydrogen-bond donors (Lipinski definition) is 3. The quantitative estimate of drug-likeness (QED) is 0.164. The van der Waals surface area contributed by atoms with E-state index < -0.39 is 75.1 Å². The predicted molar refractivity (Wildman–Crippen MR) is 151 cm³/mol. The second-order valence-corrected chi connectivity index (χ2v) is 12.2. The van der Waals surface area contributed by atoms with Crippen molar-refractivity contribution in [2.45, 2.75) is 96.8 Å². The maximum Gasteiger partial charge on any atom is 0.406 e. The molecule has 0 spiro atoms. The van der Waals surface area contributed by atoms with Gasteiger partial charge in [0.15, 0.2) is 12.7 Å². The summed E-state index contributed by atoms with van der Waals surface area (Å²) in [4.78, 5) is 52.7. The standard InChI is InChI=1S/C26H41F2N4O11P/c1-7-9-17(10-8-2)22(35)29-19-11-12-32(25(37)30-19)24-26(27,28)21(34)18(43-24)13-40-44(38,41-14-20(33)39-6)31-16(5)23(36)42-15(3)4/h11-12,15-18,21,24,34H,7-10,13-14H2,1-6H3,(H,31,38)(H,29,30,35,37)/t16-,18+,21+,24+,44?/m0/s1. The number of rotatable bonds is 17. The number of halogens is 2. The van der Waals surface area contributed by atoms with Crippen LogP contribution < -0.4 is 16.1 Å². The number of carbonyl (C=O) groups is 3. The van der Waals surface area contributed by atoms with Crippen LogP contribution in [0, 0.1) is 5.92 Å². The van der Waals surface area contributed by atoms with Crippen molar-refractivity contribution in [1.29, 1.82) is 0 Å². The zero-order valence-corrected chi connectivity index (χ0v) is 26.4. The lowest BCUT2D eigenvalue weighted by atomic mass is 9.97. The van der Waals surface area contributed by atoms with Crippen LogP contribution in [-0.4, -0.2) is 83.1 Å². The summed E-state index contributed by atoms with van der Waals surface area (Å²) in [5, 5.41) is 15.1. The Morgan fingerprint density at radius 2 is 1.82 bits per heavy atom. The van der Waals surface area contributed by atoms with E-state index in [2.05, 4.69) is 20.1 Å². The van der Waals surface area contributed by atoms with Gasteiger partial charge in [-0.15, -0.1) is 0 Å². The van der Waals surface area contributed by atoms with Gasteiger partial charge in [0.05, 0.1) is 19.8 Å². The molecule has 250 valence electrons. The molecule has 2 rings (SSSR count). The molecule has 1 aromatic heterocycles. The highest BCUT2D eigenvalue weighted by molar-refractivity contribution is 7.51. The third kappa shape index (κ3) is 10.1. The number of aliphatic hydroxyl groups excluding tert-OH is 1. The Morgan fingerprint density at radius 3 is 2.36 bits per heavy atom. The van der Waals surface area contributed by atoms with Crippen LogP contribution >= 0.6 is 7.75 Å². The zero-order valence-electron chi connectivity index (χ0n) is 25.5. The number of nitrogens with zero attached hydrogens (tertiary/aromatic N) is 2. The van der Waals surface area contributed by atoms with Crippen molar-refractivity contribution in [3.05, 3.63) is 22.7 Å². The SMILES string of the molecule is CCCC(CCC)C(=O)Nc1ccn([C@@H]2O[C@H](COP(=O)(N[C@@H](C)C(=O)OC(C)C)OCC(=O)OC)[C@@H](O)C2(F)F)c(=O)n1. The fraction of sp³-hybridized carbons (Fsp3) is 0.731. The molecule has 3 N–H and O–H groups in total. The van der Waals surface area contributed by atoms with Crippen LogP contribution in [0.25, 0.3) is 0 Å². The minimum absolute atomic E-state index is 0.143. The number of aromatic nitrogens is 2. The van der Waals surface area contributed by atoms with Crippen molar-refractivity contribution in [2.24, 2.45) is 5.92 Å². The third-order valence-corrected chi connectivity index (χ3v) is 8.07. The van der Waals surface area contributed by atoms with Gasteiger partial charge in [-0.05, 0) is 39.7 Å². The van der Waals surface area contributed by atoms with Crippen molar-refractivity contribution < 1.29 is 56.1 Å². The highest BCUT2D eigenvalue weighted by Crippen LogP contribution is 2.47. The number of hydrogen-bond acceptors (Lipinski definition) is 12. The highest BCUT2D eigenvalue weighted by Gasteiger charge is 2.60. The molecule has 0 aliphatic carbocycles. The molecule has 0 bridgehead atoms. The molecular weight excluding hydrogens is 613 g/mol. The van der Waals surface area contributed by atoms with Crippen molar-refractivity contribution in [2.75, 3.05) is 25.6 Å². The molecule has 5 atom stereocenters. The van der Waals surface area contributed by atoms with Crippen molar-refractivity contribution in [1.82, 2.24) is 14.6 Å².